The third-order valence-electron chi connectivity index (χ3n) is 2.74. The SMILES string of the molecule is Cc1noc(C)c1CN[C@H](C)c1cccs1. The van der Waals surface area contributed by atoms with Gasteiger partial charge in [0.15, 0.2) is 0 Å². The number of rotatable bonds is 4. The first-order chi connectivity index (χ1) is 7.68. The van der Waals surface area contributed by atoms with Crippen LogP contribution in [0.15, 0.2) is 22.0 Å². The lowest BCUT2D eigenvalue weighted by atomic mass is 10.2. The van der Waals surface area contributed by atoms with Gasteiger partial charge in [0.25, 0.3) is 0 Å². The lowest BCUT2D eigenvalue weighted by Gasteiger charge is -2.11. The Morgan fingerprint density at radius 2 is 2.31 bits per heavy atom. The first-order valence-electron chi connectivity index (χ1n) is 5.37. The van der Waals surface area contributed by atoms with E-state index in [2.05, 4.69) is 34.9 Å². The maximum absolute atomic E-state index is 5.13. The van der Waals surface area contributed by atoms with Gasteiger partial charge in [0.05, 0.1) is 5.69 Å². The monoisotopic (exact) mass is 236 g/mol. The van der Waals surface area contributed by atoms with Crippen molar-refractivity contribution in [3.8, 4) is 0 Å². The van der Waals surface area contributed by atoms with Crippen LogP contribution >= 0.6 is 11.3 Å². The molecule has 0 aliphatic heterocycles. The Balaban J connectivity index is 1.98. The van der Waals surface area contributed by atoms with Crippen molar-refractivity contribution in [3.05, 3.63) is 39.4 Å². The Hall–Kier alpha value is -1.13. The van der Waals surface area contributed by atoms with Gasteiger partial charge >= 0.3 is 0 Å². The van der Waals surface area contributed by atoms with Crippen molar-refractivity contribution in [3.63, 3.8) is 0 Å². The van der Waals surface area contributed by atoms with Gasteiger partial charge in [-0.15, -0.1) is 11.3 Å². The van der Waals surface area contributed by atoms with Crippen LogP contribution in [0.3, 0.4) is 0 Å². The molecule has 0 amide bonds. The molecular formula is C12H16N2OS. The molecule has 16 heavy (non-hydrogen) atoms. The summed E-state index contributed by atoms with van der Waals surface area (Å²) >= 11 is 1.78. The van der Waals surface area contributed by atoms with Crippen molar-refractivity contribution in [1.29, 1.82) is 0 Å². The van der Waals surface area contributed by atoms with Gasteiger partial charge in [-0.2, -0.15) is 0 Å². The minimum Gasteiger partial charge on any atom is -0.361 e. The average molecular weight is 236 g/mol. The molecule has 0 radical (unpaired) electrons. The van der Waals surface area contributed by atoms with E-state index >= 15 is 0 Å². The van der Waals surface area contributed by atoms with E-state index in [9.17, 15) is 0 Å². The maximum atomic E-state index is 5.13. The standard InChI is InChI=1S/C12H16N2OS/c1-8-11(10(3)15-14-8)7-13-9(2)12-5-4-6-16-12/h4-6,9,13H,7H2,1-3H3/t9-/m1/s1. The number of hydrogen-bond donors (Lipinski definition) is 1. The Morgan fingerprint density at radius 1 is 1.50 bits per heavy atom. The van der Waals surface area contributed by atoms with E-state index in [1.165, 1.54) is 10.4 Å². The lowest BCUT2D eigenvalue weighted by Crippen LogP contribution is -2.17. The second kappa shape index (κ2) is 4.80. The smallest absolute Gasteiger partial charge is 0.138 e. The maximum Gasteiger partial charge on any atom is 0.138 e. The molecule has 2 aromatic heterocycles. The predicted octanol–water partition coefficient (Wildman–Crippen LogP) is 3.20. The molecular weight excluding hydrogens is 220 g/mol. The van der Waals surface area contributed by atoms with Gasteiger partial charge in [-0.05, 0) is 32.2 Å². The van der Waals surface area contributed by atoms with Gasteiger partial charge in [0.1, 0.15) is 5.76 Å². The van der Waals surface area contributed by atoms with Crippen LogP contribution in [0.4, 0.5) is 0 Å². The summed E-state index contributed by atoms with van der Waals surface area (Å²) in [6, 6.07) is 4.60. The highest BCUT2D eigenvalue weighted by molar-refractivity contribution is 7.10. The molecule has 1 N–H and O–H groups in total. The number of hydrogen-bond acceptors (Lipinski definition) is 4. The zero-order valence-corrected chi connectivity index (χ0v) is 10.6. The van der Waals surface area contributed by atoms with E-state index < -0.39 is 0 Å². The second-order valence-corrected chi connectivity index (χ2v) is 4.90. The van der Waals surface area contributed by atoms with Crippen LogP contribution in [0, 0.1) is 13.8 Å². The van der Waals surface area contributed by atoms with Crippen molar-refractivity contribution < 1.29 is 4.52 Å². The highest BCUT2D eigenvalue weighted by Crippen LogP contribution is 2.19. The molecule has 0 aliphatic rings. The van der Waals surface area contributed by atoms with Crippen molar-refractivity contribution in [1.82, 2.24) is 10.5 Å². The zero-order valence-electron chi connectivity index (χ0n) is 9.78. The number of nitrogens with one attached hydrogen (secondary N) is 1. The summed E-state index contributed by atoms with van der Waals surface area (Å²) in [4.78, 5) is 1.35. The van der Waals surface area contributed by atoms with Crippen LogP contribution in [-0.4, -0.2) is 5.16 Å². The third-order valence-corrected chi connectivity index (χ3v) is 3.79. The fourth-order valence-electron chi connectivity index (χ4n) is 1.65. The molecule has 2 rings (SSSR count). The van der Waals surface area contributed by atoms with E-state index in [-0.39, 0.29) is 0 Å². The molecule has 0 spiro atoms. The first kappa shape index (κ1) is 11.4. The van der Waals surface area contributed by atoms with Crippen LogP contribution < -0.4 is 5.32 Å². The van der Waals surface area contributed by atoms with Crippen LogP contribution in [-0.2, 0) is 6.54 Å². The molecule has 0 bridgehead atoms. The number of aromatic nitrogens is 1. The Morgan fingerprint density at radius 3 is 2.88 bits per heavy atom. The molecule has 0 fully saturated rings. The van der Waals surface area contributed by atoms with Crippen LogP contribution in [0.1, 0.15) is 34.9 Å². The third kappa shape index (κ3) is 2.33. The zero-order chi connectivity index (χ0) is 11.5. The molecule has 1 atom stereocenters. The van der Waals surface area contributed by atoms with E-state index in [0.29, 0.717) is 6.04 Å². The van der Waals surface area contributed by atoms with Crippen molar-refractivity contribution in [2.45, 2.75) is 33.4 Å². The molecule has 3 nitrogen and oxygen atoms in total. The highest BCUT2D eigenvalue weighted by Gasteiger charge is 2.11. The molecule has 0 aromatic carbocycles. The molecule has 2 aromatic rings. The van der Waals surface area contributed by atoms with E-state index in [1.807, 2.05) is 13.8 Å². The first-order valence-corrected chi connectivity index (χ1v) is 6.25. The van der Waals surface area contributed by atoms with Gasteiger partial charge in [-0.1, -0.05) is 11.2 Å². The Bertz CT molecular complexity index is 428. The second-order valence-electron chi connectivity index (χ2n) is 3.92. The predicted molar refractivity (Wildman–Crippen MR) is 65.6 cm³/mol. The summed E-state index contributed by atoms with van der Waals surface area (Å²) in [5, 5.41) is 9.52. The fraction of sp³-hybridized carbons (Fsp3) is 0.417. The fourth-order valence-corrected chi connectivity index (χ4v) is 2.41. The number of thiophene rings is 1. The summed E-state index contributed by atoms with van der Waals surface area (Å²) in [5.41, 5.74) is 2.15. The molecule has 4 heteroatoms. The number of nitrogens with zero attached hydrogens (tertiary/aromatic N) is 1. The van der Waals surface area contributed by atoms with E-state index in [0.717, 1.165) is 18.0 Å². The minimum absolute atomic E-state index is 0.369. The van der Waals surface area contributed by atoms with Crippen LogP contribution in [0.5, 0.6) is 0 Å². The molecule has 2 heterocycles. The van der Waals surface area contributed by atoms with Gasteiger partial charge < -0.3 is 9.84 Å². The van der Waals surface area contributed by atoms with Gasteiger partial charge in [0, 0.05) is 23.0 Å². The normalized spacial score (nSPS) is 12.9. The molecule has 0 aliphatic carbocycles. The summed E-state index contributed by atoms with van der Waals surface area (Å²) in [7, 11) is 0. The molecule has 0 unspecified atom stereocenters. The Labute approximate surface area is 99.5 Å². The quantitative estimate of drug-likeness (QED) is 0.885. The summed E-state index contributed by atoms with van der Waals surface area (Å²) in [6.07, 6.45) is 0. The van der Waals surface area contributed by atoms with Gasteiger partial charge in [0.2, 0.25) is 0 Å². The van der Waals surface area contributed by atoms with Crippen molar-refractivity contribution >= 4 is 11.3 Å². The van der Waals surface area contributed by atoms with Crippen molar-refractivity contribution in [2.75, 3.05) is 0 Å². The molecule has 0 saturated carbocycles. The highest BCUT2D eigenvalue weighted by atomic mass is 32.1. The van der Waals surface area contributed by atoms with Crippen LogP contribution in [0.25, 0.3) is 0 Å². The van der Waals surface area contributed by atoms with Crippen molar-refractivity contribution in [2.24, 2.45) is 0 Å². The lowest BCUT2D eigenvalue weighted by molar-refractivity contribution is 0.391. The van der Waals surface area contributed by atoms with E-state index in [4.69, 9.17) is 4.52 Å². The Kier molecular flexibility index (Phi) is 3.41. The molecule has 0 saturated heterocycles. The number of aryl methyl sites for hydroxylation is 2. The average Bonchev–Trinajstić information content (AvgIpc) is 2.87. The topological polar surface area (TPSA) is 38.1 Å². The summed E-state index contributed by atoms with van der Waals surface area (Å²) < 4.78 is 5.13. The largest absolute Gasteiger partial charge is 0.361 e. The van der Waals surface area contributed by atoms with Gasteiger partial charge in [-0.25, -0.2) is 0 Å². The summed E-state index contributed by atoms with van der Waals surface area (Å²) in [5.74, 6) is 0.906. The van der Waals surface area contributed by atoms with Gasteiger partial charge in [-0.3, -0.25) is 0 Å². The molecule has 86 valence electrons. The van der Waals surface area contributed by atoms with E-state index in [1.54, 1.807) is 11.3 Å². The summed E-state index contributed by atoms with van der Waals surface area (Å²) in [6.45, 7) is 6.90. The minimum atomic E-state index is 0.369. The van der Waals surface area contributed by atoms with Crippen LogP contribution in [0.2, 0.25) is 0 Å².